The first-order valence-corrected chi connectivity index (χ1v) is 16.3. The number of hydrazine groups is 2. The molecule has 0 radical (unpaired) electrons. The van der Waals surface area contributed by atoms with E-state index in [1.165, 1.54) is 17.5 Å². The average Bonchev–Trinajstić information content (AvgIpc) is 3.71. The van der Waals surface area contributed by atoms with Gasteiger partial charge in [0.05, 0.1) is 48.7 Å². The van der Waals surface area contributed by atoms with E-state index in [1.54, 1.807) is 18.2 Å². The summed E-state index contributed by atoms with van der Waals surface area (Å²) in [7, 11) is 0. The molecule has 0 unspecified atom stereocenters. The van der Waals surface area contributed by atoms with Crippen molar-refractivity contribution in [2.45, 2.75) is 51.2 Å². The largest absolute Gasteiger partial charge is 0.371 e. The van der Waals surface area contributed by atoms with Gasteiger partial charge in [-0.05, 0) is 63.9 Å². The number of fused-ring (bicyclic) bond motifs is 1. The lowest BCUT2D eigenvalue weighted by Gasteiger charge is -2.42. The fourth-order valence-electron chi connectivity index (χ4n) is 5.62. The molecular weight excluding hydrogens is 637 g/mol. The smallest absolute Gasteiger partial charge is 0.113 e. The van der Waals surface area contributed by atoms with E-state index in [9.17, 15) is 5.26 Å². The standard InChI is InChI=1S/C31H32Cl3N9S/c1-31(2,3)42-8-6-21(7-9-42)43-15-26(40-41-43)30(27-16-44-17-37-27)39-20-10-22-28(38-19-4-5-23(32)24(33)11-19)18(13-35)14-36-29(22)25(34)12-20/h4-5,10-12,14-17,21,30,39-41H,6-9H2,1-3H3,(H,36,38)/t30-/m1/s1. The van der Waals surface area contributed by atoms with Crippen LogP contribution in [0.3, 0.4) is 0 Å². The highest BCUT2D eigenvalue weighted by molar-refractivity contribution is 7.07. The molecule has 4 aromatic rings. The fourth-order valence-corrected chi connectivity index (χ4v) is 6.77. The molecular formula is C31H32Cl3N9S. The van der Waals surface area contributed by atoms with Crippen molar-refractivity contribution < 1.29 is 0 Å². The first-order valence-electron chi connectivity index (χ1n) is 14.3. The van der Waals surface area contributed by atoms with Crippen LogP contribution >= 0.6 is 46.1 Å². The lowest BCUT2D eigenvalue weighted by atomic mass is 9.98. The van der Waals surface area contributed by atoms with Crippen molar-refractivity contribution in [1.82, 2.24) is 30.8 Å². The maximum absolute atomic E-state index is 9.93. The van der Waals surface area contributed by atoms with Crippen molar-refractivity contribution in [3.8, 4) is 6.07 Å². The number of aromatic nitrogens is 2. The molecule has 0 aliphatic carbocycles. The van der Waals surface area contributed by atoms with Gasteiger partial charge in [0, 0.05) is 59.2 Å². The van der Waals surface area contributed by atoms with Gasteiger partial charge in [-0.2, -0.15) is 5.26 Å². The highest BCUT2D eigenvalue weighted by atomic mass is 35.5. The van der Waals surface area contributed by atoms with Crippen molar-refractivity contribution in [3.05, 3.63) is 85.6 Å². The number of piperidine rings is 1. The number of pyridine rings is 1. The minimum atomic E-state index is -0.291. The molecule has 1 fully saturated rings. The van der Waals surface area contributed by atoms with E-state index in [4.69, 9.17) is 34.8 Å². The molecule has 9 nitrogen and oxygen atoms in total. The third kappa shape index (κ3) is 6.40. The normalized spacial score (nSPS) is 16.8. The zero-order chi connectivity index (χ0) is 31.0. The third-order valence-electron chi connectivity index (χ3n) is 8.02. The van der Waals surface area contributed by atoms with Crippen LogP contribution in [0.15, 0.2) is 59.3 Å². The van der Waals surface area contributed by atoms with Gasteiger partial charge >= 0.3 is 0 Å². The Hall–Kier alpha value is -3.30. The van der Waals surface area contributed by atoms with Crippen LogP contribution in [-0.2, 0) is 0 Å². The first kappa shape index (κ1) is 30.7. The van der Waals surface area contributed by atoms with Crippen LogP contribution < -0.4 is 21.6 Å². The Morgan fingerprint density at radius 1 is 1.05 bits per heavy atom. The van der Waals surface area contributed by atoms with Gasteiger partial charge in [0.25, 0.3) is 0 Å². The SMILES string of the molecule is CC(C)(C)N1CCC(N2C=C([C@@H](Nc3cc(Cl)c4ncc(C#N)c(Nc5ccc(Cl)c(Cl)c5)c4c3)c3cscn3)NN2)CC1. The van der Waals surface area contributed by atoms with E-state index in [-0.39, 0.29) is 11.6 Å². The molecule has 228 valence electrons. The molecule has 2 aromatic heterocycles. The Kier molecular flexibility index (Phi) is 8.79. The summed E-state index contributed by atoms with van der Waals surface area (Å²) in [6.07, 6.45) is 5.77. The predicted octanol–water partition coefficient (Wildman–Crippen LogP) is 7.85. The zero-order valence-corrected chi connectivity index (χ0v) is 27.5. The van der Waals surface area contributed by atoms with Gasteiger partial charge in [-0.25, -0.2) is 4.98 Å². The molecule has 2 aliphatic rings. The van der Waals surface area contributed by atoms with E-state index >= 15 is 0 Å². The Morgan fingerprint density at radius 3 is 2.50 bits per heavy atom. The number of nitrogens with zero attached hydrogens (tertiary/aromatic N) is 5. The number of anilines is 3. The number of thiazole rings is 1. The number of rotatable bonds is 7. The van der Waals surface area contributed by atoms with E-state index in [0.29, 0.717) is 49.0 Å². The second kappa shape index (κ2) is 12.6. The Morgan fingerprint density at radius 2 is 1.82 bits per heavy atom. The predicted molar refractivity (Wildman–Crippen MR) is 180 cm³/mol. The van der Waals surface area contributed by atoms with Crippen LogP contribution in [0.25, 0.3) is 10.9 Å². The molecule has 0 saturated carbocycles. The molecule has 0 spiro atoms. The maximum Gasteiger partial charge on any atom is 0.113 e. The van der Waals surface area contributed by atoms with Gasteiger partial charge in [-0.15, -0.1) is 16.9 Å². The fraction of sp³-hybridized carbons (Fsp3) is 0.323. The Bertz CT molecular complexity index is 1740. The van der Waals surface area contributed by atoms with Crippen LogP contribution in [-0.4, -0.2) is 44.5 Å². The summed E-state index contributed by atoms with van der Waals surface area (Å²) in [6, 6.07) is 11.3. The Balaban J connectivity index is 1.31. The third-order valence-corrected chi connectivity index (χ3v) is 9.65. The number of nitrogens with one attached hydrogen (secondary N) is 4. The second-order valence-corrected chi connectivity index (χ2v) is 13.8. The van der Waals surface area contributed by atoms with E-state index in [0.717, 1.165) is 43.0 Å². The van der Waals surface area contributed by atoms with Crippen molar-refractivity contribution >= 4 is 74.1 Å². The lowest BCUT2D eigenvalue weighted by molar-refractivity contribution is 0.0570. The minimum Gasteiger partial charge on any atom is -0.371 e. The molecule has 0 amide bonds. The van der Waals surface area contributed by atoms with Gasteiger partial charge in [0.15, 0.2) is 0 Å². The number of nitriles is 1. The molecule has 2 aromatic carbocycles. The summed E-state index contributed by atoms with van der Waals surface area (Å²) >= 11 is 20.7. The van der Waals surface area contributed by atoms with Crippen molar-refractivity contribution in [1.29, 1.82) is 5.26 Å². The summed E-state index contributed by atoms with van der Waals surface area (Å²) in [5.41, 5.74) is 13.5. The number of likely N-dealkylation sites (tertiary alicyclic amines) is 1. The lowest BCUT2D eigenvalue weighted by Crippen LogP contribution is -2.52. The van der Waals surface area contributed by atoms with E-state index in [1.807, 2.05) is 23.0 Å². The molecule has 44 heavy (non-hydrogen) atoms. The van der Waals surface area contributed by atoms with Gasteiger partial charge in [-0.3, -0.25) is 14.9 Å². The minimum absolute atomic E-state index is 0.171. The molecule has 4 N–H and O–H groups in total. The molecule has 1 saturated heterocycles. The molecule has 1 atom stereocenters. The Labute approximate surface area is 275 Å². The number of benzene rings is 2. The first-order chi connectivity index (χ1) is 21.1. The van der Waals surface area contributed by atoms with E-state index in [2.05, 4.69) is 74.5 Å². The maximum atomic E-state index is 9.93. The average molecular weight is 669 g/mol. The molecule has 13 heteroatoms. The van der Waals surface area contributed by atoms with Gasteiger partial charge < -0.3 is 16.1 Å². The molecule has 4 heterocycles. The number of hydrogen-bond acceptors (Lipinski definition) is 10. The van der Waals surface area contributed by atoms with Gasteiger partial charge in [0.2, 0.25) is 0 Å². The molecule has 2 aliphatic heterocycles. The summed E-state index contributed by atoms with van der Waals surface area (Å²) < 4.78 is 0. The topological polar surface area (TPSA) is 104 Å². The van der Waals surface area contributed by atoms with Crippen LogP contribution in [0.5, 0.6) is 0 Å². The quantitative estimate of drug-likeness (QED) is 0.157. The second-order valence-electron chi connectivity index (χ2n) is 11.9. The van der Waals surface area contributed by atoms with Crippen LogP contribution in [0.2, 0.25) is 15.1 Å². The highest BCUT2D eigenvalue weighted by Crippen LogP contribution is 2.38. The summed E-state index contributed by atoms with van der Waals surface area (Å²) in [5.74, 6) is 0. The van der Waals surface area contributed by atoms with Crippen LogP contribution in [0.4, 0.5) is 17.1 Å². The number of halogens is 3. The van der Waals surface area contributed by atoms with Gasteiger partial charge in [-0.1, -0.05) is 34.8 Å². The van der Waals surface area contributed by atoms with Gasteiger partial charge in [0.1, 0.15) is 12.1 Å². The summed E-state index contributed by atoms with van der Waals surface area (Å²) in [5, 5.41) is 23.1. The molecule has 6 rings (SSSR count). The monoisotopic (exact) mass is 667 g/mol. The summed E-state index contributed by atoms with van der Waals surface area (Å²) in [4.78, 5) is 11.7. The van der Waals surface area contributed by atoms with E-state index < -0.39 is 0 Å². The summed E-state index contributed by atoms with van der Waals surface area (Å²) in [6.45, 7) is 8.92. The van der Waals surface area contributed by atoms with Crippen LogP contribution in [0.1, 0.15) is 50.9 Å². The van der Waals surface area contributed by atoms with Crippen LogP contribution in [0, 0.1) is 11.3 Å². The highest BCUT2D eigenvalue weighted by Gasteiger charge is 2.32. The number of hydrogen-bond donors (Lipinski definition) is 4. The van der Waals surface area contributed by atoms with Crippen molar-refractivity contribution in [2.24, 2.45) is 0 Å². The van der Waals surface area contributed by atoms with Crippen molar-refractivity contribution in [3.63, 3.8) is 0 Å². The zero-order valence-electron chi connectivity index (χ0n) is 24.5. The van der Waals surface area contributed by atoms with Crippen molar-refractivity contribution in [2.75, 3.05) is 23.7 Å². The molecule has 0 bridgehead atoms.